The molecule has 0 aliphatic carbocycles. The molecule has 0 spiro atoms. The molecule has 2 rings (SSSR count). The van der Waals surface area contributed by atoms with Crippen LogP contribution in [0.5, 0.6) is 0 Å². The summed E-state index contributed by atoms with van der Waals surface area (Å²) in [7, 11) is 0. The lowest BCUT2D eigenvalue weighted by Gasteiger charge is -2.42. The molecule has 0 aromatic heterocycles. The number of esters is 1. The maximum atomic E-state index is 12.9. The van der Waals surface area contributed by atoms with Crippen molar-refractivity contribution in [1.29, 1.82) is 0 Å². The number of aliphatic hydroxyl groups is 7. The third-order valence-corrected chi connectivity index (χ3v) is 12.0. The van der Waals surface area contributed by atoms with Crippen molar-refractivity contribution in [3.8, 4) is 0 Å². The van der Waals surface area contributed by atoms with Crippen LogP contribution in [0.3, 0.4) is 0 Å². The van der Waals surface area contributed by atoms with E-state index in [1.54, 1.807) is 0 Å². The van der Waals surface area contributed by atoms with Gasteiger partial charge in [0.15, 0.2) is 12.6 Å². The monoisotopic (exact) mass is 891 g/mol. The number of hydrogen-bond acceptors (Lipinski definition) is 14. The summed E-state index contributed by atoms with van der Waals surface area (Å²) in [5.41, 5.74) is 0. The predicted molar refractivity (Wildman–Crippen MR) is 238 cm³/mol. The molecule has 0 aromatic carbocycles. The van der Waals surface area contributed by atoms with Crippen LogP contribution in [-0.2, 0) is 33.2 Å². The minimum absolute atomic E-state index is 0.0634. The van der Waals surface area contributed by atoms with Gasteiger partial charge in [0, 0.05) is 13.0 Å². The fourth-order valence-corrected chi connectivity index (χ4v) is 7.93. The highest BCUT2D eigenvalue weighted by Crippen LogP contribution is 2.26. The maximum Gasteiger partial charge on any atom is 0.306 e. The zero-order valence-corrected chi connectivity index (χ0v) is 38.6. The average Bonchev–Trinajstić information content (AvgIpc) is 3.27. The second kappa shape index (κ2) is 36.9. The third kappa shape index (κ3) is 24.9. The molecule has 11 atom stereocenters. The number of rotatable bonds is 39. The van der Waals surface area contributed by atoms with E-state index >= 15 is 0 Å². The molecule has 2 saturated heterocycles. The Kier molecular flexibility index (Phi) is 33.8. The SMILES string of the molecule is CCC/C=C\CCCCCCCC(=O)OC(COCCCCCCCCCCCCCCCCCCCC)COC1OC(COC2OC(CO)C(O)C(O)C2O)C(O)C(O)C1O. The molecule has 0 aromatic rings. The summed E-state index contributed by atoms with van der Waals surface area (Å²) < 4.78 is 34.2. The summed E-state index contributed by atoms with van der Waals surface area (Å²) in [5, 5.41) is 72.0. The Morgan fingerprint density at radius 3 is 1.53 bits per heavy atom. The number of hydrogen-bond donors (Lipinski definition) is 7. The van der Waals surface area contributed by atoms with E-state index in [1.165, 1.54) is 96.3 Å². The molecule has 0 bridgehead atoms. The van der Waals surface area contributed by atoms with E-state index < -0.39 is 80.7 Å². The average molecular weight is 891 g/mol. The van der Waals surface area contributed by atoms with Gasteiger partial charge >= 0.3 is 5.97 Å². The zero-order valence-electron chi connectivity index (χ0n) is 38.6. The summed E-state index contributed by atoms with van der Waals surface area (Å²) in [5.74, 6) is -0.385. The summed E-state index contributed by atoms with van der Waals surface area (Å²) in [6.07, 6.45) is 20.0. The summed E-state index contributed by atoms with van der Waals surface area (Å²) in [4.78, 5) is 12.9. The number of ether oxygens (including phenoxy) is 6. The molecule has 2 fully saturated rings. The van der Waals surface area contributed by atoms with E-state index in [4.69, 9.17) is 28.4 Å². The van der Waals surface area contributed by atoms with E-state index in [9.17, 15) is 40.5 Å². The van der Waals surface area contributed by atoms with Crippen molar-refractivity contribution in [2.45, 2.75) is 255 Å². The largest absolute Gasteiger partial charge is 0.457 e. The van der Waals surface area contributed by atoms with Crippen molar-refractivity contribution in [2.75, 3.05) is 33.0 Å². The van der Waals surface area contributed by atoms with Crippen LogP contribution in [0.15, 0.2) is 12.2 Å². The molecule has 2 heterocycles. The van der Waals surface area contributed by atoms with Gasteiger partial charge in [-0.3, -0.25) is 4.79 Å². The van der Waals surface area contributed by atoms with Crippen LogP contribution in [0, 0.1) is 0 Å². The number of allylic oxidation sites excluding steroid dienone is 2. The highest BCUT2D eigenvalue weighted by Gasteiger charge is 2.47. The first kappa shape index (κ1) is 56.9. The van der Waals surface area contributed by atoms with Gasteiger partial charge in [0.25, 0.3) is 0 Å². The quantitative estimate of drug-likeness (QED) is 0.0195. The molecular weight excluding hydrogens is 801 g/mol. The summed E-state index contributed by atoms with van der Waals surface area (Å²) in [6, 6.07) is 0. The minimum Gasteiger partial charge on any atom is -0.457 e. The number of aliphatic hydroxyl groups excluding tert-OH is 7. The van der Waals surface area contributed by atoms with Crippen molar-refractivity contribution in [3.05, 3.63) is 12.2 Å². The van der Waals surface area contributed by atoms with Gasteiger partial charge in [0.05, 0.1) is 26.4 Å². The summed E-state index contributed by atoms with van der Waals surface area (Å²) in [6.45, 7) is 3.63. The molecule has 0 saturated carbocycles. The van der Waals surface area contributed by atoms with Crippen molar-refractivity contribution < 1.29 is 69.0 Å². The Balaban J connectivity index is 1.75. The Hall–Kier alpha value is -1.27. The van der Waals surface area contributed by atoms with Crippen molar-refractivity contribution >= 4 is 5.97 Å². The van der Waals surface area contributed by atoms with Crippen LogP contribution in [0.1, 0.15) is 187 Å². The zero-order chi connectivity index (χ0) is 45.2. The van der Waals surface area contributed by atoms with E-state index in [0.29, 0.717) is 13.0 Å². The fourth-order valence-electron chi connectivity index (χ4n) is 7.93. The van der Waals surface area contributed by atoms with Crippen LogP contribution in [0.4, 0.5) is 0 Å². The molecule has 11 unspecified atom stereocenters. The van der Waals surface area contributed by atoms with E-state index in [1.807, 2.05) is 0 Å². The topological polar surface area (TPSA) is 214 Å². The molecule has 14 heteroatoms. The lowest BCUT2D eigenvalue weighted by molar-refractivity contribution is -0.332. The van der Waals surface area contributed by atoms with Crippen LogP contribution in [0.25, 0.3) is 0 Å². The maximum absolute atomic E-state index is 12.9. The summed E-state index contributed by atoms with van der Waals surface area (Å²) >= 11 is 0. The van der Waals surface area contributed by atoms with Gasteiger partial charge in [-0.15, -0.1) is 0 Å². The molecule has 0 amide bonds. The highest BCUT2D eigenvalue weighted by atomic mass is 16.7. The number of carbonyl (C=O) groups excluding carboxylic acids is 1. The van der Waals surface area contributed by atoms with Crippen molar-refractivity contribution in [3.63, 3.8) is 0 Å². The molecular formula is C48H90O14. The van der Waals surface area contributed by atoms with Gasteiger partial charge in [-0.2, -0.15) is 0 Å². The number of carbonyl (C=O) groups is 1. The Bertz CT molecular complexity index is 1080. The lowest BCUT2D eigenvalue weighted by Crippen LogP contribution is -2.61. The minimum atomic E-state index is -1.70. The Morgan fingerprint density at radius 1 is 0.516 bits per heavy atom. The van der Waals surface area contributed by atoms with E-state index in [-0.39, 0.29) is 25.6 Å². The molecule has 14 nitrogen and oxygen atoms in total. The molecule has 7 N–H and O–H groups in total. The van der Waals surface area contributed by atoms with Gasteiger partial charge in [0.2, 0.25) is 0 Å². The fraction of sp³-hybridized carbons (Fsp3) is 0.938. The van der Waals surface area contributed by atoms with Crippen LogP contribution in [-0.4, -0.2) is 142 Å². The molecule has 0 radical (unpaired) electrons. The number of unbranched alkanes of at least 4 members (excludes halogenated alkanes) is 23. The molecule has 2 aliphatic rings. The normalized spacial score (nSPS) is 27.2. The predicted octanol–water partition coefficient (Wildman–Crippen LogP) is 6.68. The van der Waals surface area contributed by atoms with Gasteiger partial charge in [0.1, 0.15) is 54.9 Å². The molecule has 2 aliphatic heterocycles. The first-order valence-electron chi connectivity index (χ1n) is 24.8. The van der Waals surface area contributed by atoms with Gasteiger partial charge in [-0.25, -0.2) is 0 Å². The van der Waals surface area contributed by atoms with Crippen LogP contribution in [0.2, 0.25) is 0 Å². The second-order valence-electron chi connectivity index (χ2n) is 17.6. The van der Waals surface area contributed by atoms with Crippen molar-refractivity contribution in [2.24, 2.45) is 0 Å². The van der Waals surface area contributed by atoms with E-state index in [2.05, 4.69) is 26.0 Å². The standard InChI is InChI=1S/C48H90O14/c1-3-5-7-9-11-13-15-16-17-18-19-20-21-22-24-26-28-30-32-57-34-37(60-40(50)31-29-27-25-23-14-12-10-8-6-4-2)35-58-47-46(56)44(54)42(52)39(62-47)36-59-48-45(55)43(53)41(51)38(33-49)61-48/h8,10,37-39,41-49,51-56H,3-7,9,11-36H2,1-2H3/b10-8-. The van der Waals surface area contributed by atoms with Crippen LogP contribution >= 0.6 is 0 Å². The second-order valence-corrected chi connectivity index (χ2v) is 17.6. The lowest BCUT2D eigenvalue weighted by atomic mass is 9.98. The first-order chi connectivity index (χ1) is 30.1. The van der Waals surface area contributed by atoms with E-state index in [0.717, 1.165) is 64.2 Å². The molecule has 366 valence electrons. The van der Waals surface area contributed by atoms with Crippen molar-refractivity contribution in [1.82, 2.24) is 0 Å². The highest BCUT2D eigenvalue weighted by molar-refractivity contribution is 5.69. The van der Waals surface area contributed by atoms with Gasteiger partial charge < -0.3 is 64.2 Å². The smallest absolute Gasteiger partial charge is 0.306 e. The van der Waals surface area contributed by atoms with Gasteiger partial charge in [-0.1, -0.05) is 161 Å². The molecule has 62 heavy (non-hydrogen) atoms. The first-order valence-corrected chi connectivity index (χ1v) is 24.8. The Morgan fingerprint density at radius 2 is 0.984 bits per heavy atom. The van der Waals surface area contributed by atoms with Crippen LogP contribution < -0.4 is 0 Å². The van der Waals surface area contributed by atoms with Gasteiger partial charge in [-0.05, 0) is 32.1 Å². The third-order valence-electron chi connectivity index (χ3n) is 12.0. The Labute approximate surface area is 374 Å².